The number of hydrogen-bond acceptors (Lipinski definition) is 7. The lowest BCUT2D eigenvalue weighted by Gasteiger charge is -2.30. The van der Waals surface area contributed by atoms with E-state index in [2.05, 4.69) is 10.6 Å². The second kappa shape index (κ2) is 8.31. The number of fused-ring (bicyclic) bond motifs is 4. The van der Waals surface area contributed by atoms with E-state index in [1.54, 1.807) is 12.1 Å². The molecule has 1 spiro atoms. The molecular weight excluding hydrogens is 457 g/mol. The molecule has 184 valence electrons. The molecule has 3 aliphatic rings. The summed E-state index contributed by atoms with van der Waals surface area (Å²) in [6, 6.07) is 8.32. The van der Waals surface area contributed by atoms with Gasteiger partial charge in [0.05, 0.1) is 32.2 Å². The molecular formula is C25H26FN3O6. The van der Waals surface area contributed by atoms with E-state index in [0.717, 1.165) is 10.5 Å². The van der Waals surface area contributed by atoms with E-state index < -0.39 is 53.1 Å². The van der Waals surface area contributed by atoms with E-state index in [1.165, 1.54) is 39.3 Å². The van der Waals surface area contributed by atoms with Crippen molar-refractivity contribution >= 4 is 23.4 Å². The topological polar surface area (TPSA) is 117 Å². The molecule has 10 heteroatoms. The molecule has 0 radical (unpaired) electrons. The molecule has 2 aromatic rings. The number of amides is 3. The molecule has 5 atom stereocenters. The minimum atomic E-state index is -1.64. The number of aliphatic hydroxyl groups excluding tert-OH is 1. The third kappa shape index (κ3) is 3.31. The number of carbonyl (C=O) groups is 3. The first-order valence-electron chi connectivity index (χ1n) is 11.4. The van der Waals surface area contributed by atoms with Gasteiger partial charge in [-0.3, -0.25) is 24.6 Å². The van der Waals surface area contributed by atoms with E-state index in [0.29, 0.717) is 23.6 Å². The molecule has 9 nitrogen and oxygen atoms in total. The molecule has 3 N–H and O–H groups in total. The number of hydrogen-bond donors (Lipinski definition) is 3. The average molecular weight is 483 g/mol. The third-order valence-corrected chi connectivity index (χ3v) is 7.29. The molecule has 0 bridgehead atoms. The molecule has 0 unspecified atom stereocenters. The Morgan fingerprint density at radius 3 is 2.51 bits per heavy atom. The normalized spacial score (nSPS) is 27.7. The summed E-state index contributed by atoms with van der Waals surface area (Å²) < 4.78 is 24.8. The number of likely N-dealkylation sites (tertiary alicyclic amines) is 1. The molecule has 0 aliphatic carbocycles. The van der Waals surface area contributed by atoms with Crippen molar-refractivity contribution in [3.05, 3.63) is 53.3 Å². The first-order valence-corrected chi connectivity index (χ1v) is 11.4. The van der Waals surface area contributed by atoms with Gasteiger partial charge in [0, 0.05) is 23.8 Å². The minimum absolute atomic E-state index is 0.0837. The van der Waals surface area contributed by atoms with Crippen LogP contribution in [0.15, 0.2) is 36.4 Å². The van der Waals surface area contributed by atoms with Gasteiger partial charge in [-0.1, -0.05) is 6.07 Å². The van der Waals surface area contributed by atoms with Gasteiger partial charge in [0.25, 0.3) is 0 Å². The SMILES string of the molecule is COc1ccc(CCN2C(=O)[C@@H]3[C@@H]([C@H](C)O)N[C@]4(C(=O)Nc5ccc(F)cc54)[C@@H]3C2=O)cc1OC. The maximum atomic E-state index is 14.2. The van der Waals surface area contributed by atoms with Crippen LogP contribution in [0.3, 0.4) is 0 Å². The molecule has 2 saturated heterocycles. The fraction of sp³-hybridized carbons (Fsp3) is 0.400. The summed E-state index contributed by atoms with van der Waals surface area (Å²) >= 11 is 0. The molecule has 3 heterocycles. The Hall–Kier alpha value is -3.50. The Labute approximate surface area is 201 Å². The number of halogens is 1. The van der Waals surface area contributed by atoms with Gasteiger partial charge in [-0.25, -0.2) is 4.39 Å². The van der Waals surface area contributed by atoms with Crippen LogP contribution in [0, 0.1) is 17.7 Å². The first-order chi connectivity index (χ1) is 16.7. The van der Waals surface area contributed by atoms with Crippen LogP contribution in [0.25, 0.3) is 0 Å². The highest BCUT2D eigenvalue weighted by Crippen LogP contribution is 2.53. The number of anilines is 1. The number of carbonyl (C=O) groups excluding carboxylic acids is 3. The lowest BCUT2D eigenvalue weighted by atomic mass is 9.76. The molecule has 2 aromatic carbocycles. The number of imide groups is 1. The number of ether oxygens (including phenoxy) is 2. The molecule has 5 rings (SSSR count). The van der Waals surface area contributed by atoms with Gasteiger partial charge < -0.3 is 19.9 Å². The fourth-order valence-corrected chi connectivity index (χ4v) is 5.68. The number of aliphatic hydroxyl groups is 1. The van der Waals surface area contributed by atoms with Crippen molar-refractivity contribution in [3.8, 4) is 11.5 Å². The number of benzene rings is 2. The highest BCUT2D eigenvalue weighted by molar-refractivity contribution is 6.15. The van der Waals surface area contributed by atoms with Crippen molar-refractivity contribution in [2.75, 3.05) is 26.1 Å². The van der Waals surface area contributed by atoms with Crippen molar-refractivity contribution in [1.29, 1.82) is 0 Å². The summed E-state index contributed by atoms with van der Waals surface area (Å²) in [6.07, 6.45) is -0.677. The van der Waals surface area contributed by atoms with Crippen LogP contribution in [0.1, 0.15) is 18.1 Å². The van der Waals surface area contributed by atoms with Crippen LogP contribution in [0.4, 0.5) is 10.1 Å². The van der Waals surface area contributed by atoms with Gasteiger partial charge in [-0.2, -0.15) is 0 Å². The van der Waals surface area contributed by atoms with E-state index in [-0.39, 0.29) is 12.1 Å². The van der Waals surface area contributed by atoms with Crippen molar-refractivity contribution in [1.82, 2.24) is 10.2 Å². The van der Waals surface area contributed by atoms with Crippen molar-refractivity contribution in [3.63, 3.8) is 0 Å². The standard InChI is InChI=1S/C25H26FN3O6/c1-12(30)21-19-20(25(28-21)15-11-14(26)5-6-16(15)27-24(25)33)23(32)29(22(19)31)9-8-13-4-7-17(34-2)18(10-13)35-3/h4-7,10-12,19-21,28,30H,8-9H2,1-3H3,(H,27,33)/t12-,19-,20-,21+,25-/m0/s1. The fourth-order valence-electron chi connectivity index (χ4n) is 5.68. The Morgan fingerprint density at radius 1 is 1.09 bits per heavy atom. The van der Waals surface area contributed by atoms with Crippen LogP contribution < -0.4 is 20.1 Å². The highest BCUT2D eigenvalue weighted by atomic mass is 19.1. The Morgan fingerprint density at radius 2 is 1.83 bits per heavy atom. The summed E-state index contributed by atoms with van der Waals surface area (Å²) in [5.41, 5.74) is -0.179. The van der Waals surface area contributed by atoms with Gasteiger partial charge in [-0.15, -0.1) is 0 Å². The van der Waals surface area contributed by atoms with Gasteiger partial charge in [0.2, 0.25) is 17.7 Å². The van der Waals surface area contributed by atoms with Crippen LogP contribution in [-0.2, 0) is 26.3 Å². The zero-order valence-corrected chi connectivity index (χ0v) is 19.5. The smallest absolute Gasteiger partial charge is 0.250 e. The number of nitrogens with zero attached hydrogens (tertiary/aromatic N) is 1. The zero-order chi connectivity index (χ0) is 25.1. The minimum Gasteiger partial charge on any atom is -0.493 e. The number of nitrogens with one attached hydrogen (secondary N) is 2. The van der Waals surface area contributed by atoms with Crippen LogP contribution in [0.5, 0.6) is 11.5 Å². The van der Waals surface area contributed by atoms with Crippen molar-refractivity contribution in [2.45, 2.75) is 31.0 Å². The average Bonchev–Trinajstić information content (AvgIpc) is 3.43. The number of methoxy groups -OCH3 is 2. The van der Waals surface area contributed by atoms with Crippen LogP contribution in [0.2, 0.25) is 0 Å². The molecule has 3 aliphatic heterocycles. The van der Waals surface area contributed by atoms with Crippen molar-refractivity contribution in [2.24, 2.45) is 11.8 Å². The predicted molar refractivity (Wildman–Crippen MR) is 122 cm³/mol. The zero-order valence-electron chi connectivity index (χ0n) is 19.5. The summed E-state index contributed by atoms with van der Waals surface area (Å²) in [7, 11) is 3.05. The van der Waals surface area contributed by atoms with E-state index in [1.807, 2.05) is 6.07 Å². The van der Waals surface area contributed by atoms with Crippen LogP contribution in [-0.4, -0.2) is 60.6 Å². The molecule has 3 amide bonds. The summed E-state index contributed by atoms with van der Waals surface area (Å²) in [6.45, 7) is 1.58. The first kappa shape index (κ1) is 23.3. The lowest BCUT2D eigenvalue weighted by Crippen LogP contribution is -2.55. The summed E-state index contributed by atoms with van der Waals surface area (Å²) in [5.74, 6) is -3.09. The Kier molecular flexibility index (Phi) is 5.52. The van der Waals surface area contributed by atoms with Crippen molar-refractivity contribution < 1.29 is 33.4 Å². The van der Waals surface area contributed by atoms with E-state index in [4.69, 9.17) is 9.47 Å². The Bertz CT molecular complexity index is 1230. The van der Waals surface area contributed by atoms with Gasteiger partial charge in [-0.05, 0) is 49.2 Å². The number of rotatable bonds is 6. The largest absolute Gasteiger partial charge is 0.493 e. The van der Waals surface area contributed by atoms with E-state index in [9.17, 15) is 23.9 Å². The lowest BCUT2D eigenvalue weighted by molar-refractivity contribution is -0.143. The van der Waals surface area contributed by atoms with Gasteiger partial charge in [0.1, 0.15) is 11.4 Å². The monoisotopic (exact) mass is 483 g/mol. The Balaban J connectivity index is 1.49. The van der Waals surface area contributed by atoms with E-state index >= 15 is 0 Å². The third-order valence-electron chi connectivity index (χ3n) is 7.29. The summed E-state index contributed by atoms with van der Waals surface area (Å²) in [4.78, 5) is 41.6. The second-order valence-corrected chi connectivity index (χ2v) is 9.13. The molecule has 0 saturated carbocycles. The molecule has 35 heavy (non-hydrogen) atoms. The quantitative estimate of drug-likeness (QED) is 0.529. The predicted octanol–water partition coefficient (Wildman–Crippen LogP) is 1.19. The maximum Gasteiger partial charge on any atom is 0.250 e. The molecule has 2 fully saturated rings. The molecule has 0 aromatic heterocycles. The highest BCUT2D eigenvalue weighted by Gasteiger charge is 2.71. The van der Waals surface area contributed by atoms with Gasteiger partial charge >= 0.3 is 0 Å². The maximum absolute atomic E-state index is 14.2. The van der Waals surface area contributed by atoms with Gasteiger partial charge in [0.15, 0.2) is 11.5 Å². The van der Waals surface area contributed by atoms with Crippen LogP contribution >= 0.6 is 0 Å². The second-order valence-electron chi connectivity index (χ2n) is 9.13. The summed E-state index contributed by atoms with van der Waals surface area (Å²) in [5, 5.41) is 16.2.